The van der Waals surface area contributed by atoms with Gasteiger partial charge in [-0.05, 0) is 24.1 Å². The number of fused-ring (bicyclic) bond motifs is 1. The Kier molecular flexibility index (Phi) is 8.73. The average Bonchev–Trinajstić information content (AvgIpc) is 3.67. The minimum Gasteiger partial charge on any atom is -0.481 e. The maximum atomic E-state index is 11.7. The number of carbonyl (C=O) groups excluding carboxylic acids is 1. The first-order chi connectivity index (χ1) is 24.2. The topological polar surface area (TPSA) is 121 Å². The fourth-order valence-electron chi connectivity index (χ4n) is 7.33. The van der Waals surface area contributed by atoms with E-state index in [1.54, 1.807) is 24.6 Å². The maximum Gasteiger partial charge on any atom is 0.309 e. The number of ether oxygens (including phenoxy) is 1. The standard InChI is InChI=1S/C37H34Cl2N6O4S/c1-49-35-22(15-45-19-37(20-45)12-10-30(46)43-37)8-9-27(41-35)26-7-3-6-25(33(26)39)24-5-2-4-21(32(24)38)14-28-34-29(11-13-40-28)50-31(42-34)18-44-16-23(17-44)36(47)48/h2-9,11,13,23H,10,12,14-20H2,1H3,(H,43,46)(H,47,48). The number of thiazole rings is 1. The number of hydrogen-bond acceptors (Lipinski definition) is 9. The van der Waals surface area contributed by atoms with Crippen molar-refractivity contribution in [2.24, 2.45) is 5.92 Å². The van der Waals surface area contributed by atoms with Gasteiger partial charge in [0.1, 0.15) is 10.5 Å². The number of carboxylic acids is 1. The minimum atomic E-state index is -0.746. The smallest absolute Gasteiger partial charge is 0.309 e. The van der Waals surface area contributed by atoms with E-state index < -0.39 is 5.97 Å². The number of benzene rings is 2. The van der Waals surface area contributed by atoms with Crippen molar-refractivity contribution in [1.29, 1.82) is 0 Å². The summed E-state index contributed by atoms with van der Waals surface area (Å²) in [7, 11) is 1.62. The summed E-state index contributed by atoms with van der Waals surface area (Å²) in [4.78, 5) is 41.8. The van der Waals surface area contributed by atoms with Gasteiger partial charge in [-0.25, -0.2) is 9.97 Å². The van der Waals surface area contributed by atoms with E-state index in [4.69, 9.17) is 37.9 Å². The van der Waals surface area contributed by atoms with Crippen LogP contribution in [0.25, 0.3) is 32.6 Å². The van der Waals surface area contributed by atoms with Crippen LogP contribution in [0.1, 0.15) is 34.7 Å². The van der Waals surface area contributed by atoms with Crippen LogP contribution in [0.5, 0.6) is 5.88 Å². The van der Waals surface area contributed by atoms with Gasteiger partial charge in [0, 0.05) is 74.0 Å². The third kappa shape index (κ3) is 6.22. The van der Waals surface area contributed by atoms with E-state index in [-0.39, 0.29) is 17.4 Å². The number of halogens is 2. The van der Waals surface area contributed by atoms with E-state index in [0.29, 0.717) is 60.6 Å². The second kappa shape index (κ2) is 13.2. The molecule has 0 radical (unpaired) electrons. The molecule has 3 saturated heterocycles. The van der Waals surface area contributed by atoms with Crippen LogP contribution >= 0.6 is 34.5 Å². The molecule has 10 nitrogen and oxygen atoms in total. The number of nitrogens with one attached hydrogen (secondary N) is 1. The van der Waals surface area contributed by atoms with Gasteiger partial charge in [0.15, 0.2) is 0 Å². The fraction of sp³-hybridized carbons (Fsp3) is 0.324. The molecule has 1 amide bonds. The number of likely N-dealkylation sites (tertiary alicyclic amines) is 2. The number of amides is 1. The molecule has 1 spiro atoms. The zero-order chi connectivity index (χ0) is 34.6. The molecule has 0 saturated carbocycles. The normalized spacial score (nSPS) is 17.5. The summed E-state index contributed by atoms with van der Waals surface area (Å²) in [5.41, 5.74) is 6.53. The first kappa shape index (κ1) is 33.0. The van der Waals surface area contributed by atoms with E-state index in [0.717, 1.165) is 68.2 Å². The lowest BCUT2D eigenvalue weighted by molar-refractivity contribution is -0.147. The molecule has 3 aromatic heterocycles. The van der Waals surface area contributed by atoms with Crippen LogP contribution in [0.3, 0.4) is 0 Å². The minimum absolute atomic E-state index is 0.0808. The second-order valence-electron chi connectivity index (χ2n) is 13.4. The summed E-state index contributed by atoms with van der Waals surface area (Å²) < 4.78 is 6.76. The first-order valence-electron chi connectivity index (χ1n) is 16.5. The van der Waals surface area contributed by atoms with Crippen molar-refractivity contribution < 1.29 is 19.4 Å². The van der Waals surface area contributed by atoms with E-state index in [2.05, 4.69) is 20.1 Å². The molecule has 2 aromatic carbocycles. The third-order valence-electron chi connectivity index (χ3n) is 9.91. The molecule has 50 heavy (non-hydrogen) atoms. The fourth-order valence-corrected chi connectivity index (χ4v) is 8.98. The van der Waals surface area contributed by atoms with Gasteiger partial charge < -0.3 is 15.2 Å². The Labute approximate surface area is 303 Å². The van der Waals surface area contributed by atoms with Gasteiger partial charge in [-0.3, -0.25) is 24.4 Å². The van der Waals surface area contributed by atoms with Gasteiger partial charge in [0.25, 0.3) is 0 Å². The van der Waals surface area contributed by atoms with Gasteiger partial charge in [-0.1, -0.05) is 65.7 Å². The van der Waals surface area contributed by atoms with E-state index in [1.165, 1.54) is 0 Å². The number of carboxylic acid groups (broad SMARTS) is 1. The molecule has 3 aliphatic heterocycles. The van der Waals surface area contributed by atoms with Gasteiger partial charge in [0.2, 0.25) is 11.8 Å². The predicted octanol–water partition coefficient (Wildman–Crippen LogP) is 6.31. The highest BCUT2D eigenvalue weighted by molar-refractivity contribution is 7.18. The van der Waals surface area contributed by atoms with Crippen LogP contribution in [-0.2, 0) is 29.1 Å². The van der Waals surface area contributed by atoms with E-state index in [9.17, 15) is 14.7 Å². The van der Waals surface area contributed by atoms with Crippen LogP contribution in [0, 0.1) is 5.92 Å². The van der Waals surface area contributed by atoms with Gasteiger partial charge >= 0.3 is 5.97 Å². The van der Waals surface area contributed by atoms with Crippen molar-refractivity contribution >= 4 is 56.6 Å². The molecular weight excluding hydrogens is 695 g/mol. The number of aromatic nitrogens is 3. The van der Waals surface area contributed by atoms with Gasteiger partial charge in [-0.2, -0.15) is 0 Å². The van der Waals surface area contributed by atoms with Gasteiger partial charge in [-0.15, -0.1) is 11.3 Å². The first-order valence-corrected chi connectivity index (χ1v) is 18.1. The molecule has 13 heteroatoms. The maximum absolute atomic E-state index is 11.7. The SMILES string of the molecule is COc1nc(-c2cccc(-c3cccc(Cc4nccc5sc(CN6CC(C(=O)O)C6)nc45)c3Cl)c2Cl)ccc1CN1CC2(CCC(=O)N2)C1. The Bertz CT molecular complexity index is 2150. The summed E-state index contributed by atoms with van der Waals surface area (Å²) in [5.74, 6) is -0.369. The molecule has 0 unspecified atom stereocenters. The largest absolute Gasteiger partial charge is 0.481 e. The number of aliphatic carboxylic acids is 1. The molecule has 0 atom stereocenters. The van der Waals surface area contributed by atoms with Crippen LogP contribution in [0.4, 0.5) is 0 Å². The van der Waals surface area contributed by atoms with Crippen molar-refractivity contribution in [2.75, 3.05) is 33.3 Å². The highest BCUT2D eigenvalue weighted by Crippen LogP contribution is 2.41. The zero-order valence-electron chi connectivity index (χ0n) is 27.3. The Balaban J connectivity index is 1.02. The molecule has 8 rings (SSSR count). The van der Waals surface area contributed by atoms with Crippen molar-refractivity contribution in [1.82, 2.24) is 30.1 Å². The molecule has 256 valence electrons. The quantitative estimate of drug-likeness (QED) is 0.171. The number of methoxy groups -OCH3 is 1. The zero-order valence-corrected chi connectivity index (χ0v) is 29.6. The lowest BCUT2D eigenvalue weighted by atomic mass is 9.88. The summed E-state index contributed by atoms with van der Waals surface area (Å²) in [5, 5.41) is 14.4. The molecule has 5 aromatic rings. The lowest BCUT2D eigenvalue weighted by Gasteiger charge is -2.48. The number of rotatable bonds is 10. The predicted molar refractivity (Wildman–Crippen MR) is 194 cm³/mol. The number of carbonyl (C=O) groups is 2. The van der Waals surface area contributed by atoms with Crippen LogP contribution in [-0.4, -0.2) is 80.6 Å². The monoisotopic (exact) mass is 728 g/mol. The van der Waals surface area contributed by atoms with Crippen molar-refractivity contribution in [3.05, 3.63) is 92.7 Å². The Morgan fingerprint density at radius 2 is 1.74 bits per heavy atom. The number of pyridine rings is 2. The van der Waals surface area contributed by atoms with Crippen LogP contribution < -0.4 is 10.1 Å². The highest BCUT2D eigenvalue weighted by atomic mass is 35.5. The second-order valence-corrected chi connectivity index (χ2v) is 15.3. The Morgan fingerprint density at radius 1 is 0.980 bits per heavy atom. The molecule has 3 aliphatic rings. The molecule has 0 bridgehead atoms. The summed E-state index contributed by atoms with van der Waals surface area (Å²) in [6, 6.07) is 17.8. The number of nitrogens with zero attached hydrogens (tertiary/aromatic N) is 5. The number of hydrogen-bond donors (Lipinski definition) is 2. The van der Waals surface area contributed by atoms with Crippen LogP contribution in [0.2, 0.25) is 10.0 Å². The highest BCUT2D eigenvalue weighted by Gasteiger charge is 2.47. The van der Waals surface area contributed by atoms with Crippen molar-refractivity contribution in [2.45, 2.75) is 37.9 Å². The van der Waals surface area contributed by atoms with Gasteiger partial charge in [0.05, 0.1) is 51.2 Å². The molecule has 2 N–H and O–H groups in total. The van der Waals surface area contributed by atoms with Crippen molar-refractivity contribution in [3.63, 3.8) is 0 Å². The summed E-state index contributed by atoms with van der Waals surface area (Å²) in [6.45, 7) is 4.03. The van der Waals surface area contributed by atoms with Crippen molar-refractivity contribution in [3.8, 4) is 28.3 Å². The van der Waals surface area contributed by atoms with E-state index >= 15 is 0 Å². The average molecular weight is 730 g/mol. The molecule has 3 fully saturated rings. The molecule has 6 heterocycles. The molecular formula is C37H34Cl2N6O4S. The Morgan fingerprint density at radius 3 is 2.48 bits per heavy atom. The summed E-state index contributed by atoms with van der Waals surface area (Å²) in [6.07, 6.45) is 3.77. The summed E-state index contributed by atoms with van der Waals surface area (Å²) >= 11 is 15.8. The van der Waals surface area contributed by atoms with Crippen LogP contribution in [0.15, 0.2) is 60.8 Å². The lowest BCUT2D eigenvalue weighted by Crippen LogP contribution is -2.66. The van der Waals surface area contributed by atoms with E-state index in [1.807, 2.05) is 54.6 Å². The Hall–Kier alpha value is -4.13. The third-order valence-corrected chi connectivity index (χ3v) is 11.8. The molecule has 0 aliphatic carbocycles.